The molecular weight excluding hydrogens is 507 g/mol. The molecule has 3 rings (SSSR count). The van der Waals surface area contributed by atoms with Crippen molar-refractivity contribution in [1.82, 2.24) is 25.4 Å². The number of ether oxygens (including phenoxy) is 1. The summed E-state index contributed by atoms with van der Waals surface area (Å²) in [5, 5.41) is 11.2. The quantitative estimate of drug-likeness (QED) is 0.246. The number of nitrogens with zero attached hydrogens (tertiary/aromatic N) is 4. The molecule has 2 N–H and O–H groups in total. The molecule has 9 heteroatoms. The molecule has 0 amide bonds. The van der Waals surface area contributed by atoms with Crippen LogP contribution in [-0.4, -0.2) is 41.0 Å². The number of aryl methyl sites for hydroxylation is 1. The van der Waals surface area contributed by atoms with Gasteiger partial charge in [0.05, 0.1) is 37.6 Å². The third-order valence-corrected chi connectivity index (χ3v) is 4.79. The molecule has 0 aliphatic heterocycles. The molecule has 2 aromatic heterocycles. The van der Waals surface area contributed by atoms with Crippen LogP contribution in [0.25, 0.3) is 11.5 Å². The first-order chi connectivity index (χ1) is 14.6. The molecule has 8 nitrogen and oxygen atoms in total. The Labute approximate surface area is 200 Å². The largest absolute Gasteiger partial charge is 0.444 e. The third-order valence-electron chi connectivity index (χ3n) is 4.79. The number of hydrogen-bond donors (Lipinski definition) is 2. The van der Waals surface area contributed by atoms with E-state index in [4.69, 9.17) is 14.1 Å². The molecule has 168 valence electrons. The molecule has 31 heavy (non-hydrogen) atoms. The first-order valence-electron chi connectivity index (χ1n) is 10.2. The normalized spacial score (nSPS) is 11.3. The maximum atomic E-state index is 5.61. The van der Waals surface area contributed by atoms with Gasteiger partial charge in [0.2, 0.25) is 5.89 Å². The van der Waals surface area contributed by atoms with Crippen LogP contribution in [0, 0.1) is 13.8 Å². The lowest BCUT2D eigenvalue weighted by Crippen LogP contribution is -2.36. The minimum absolute atomic E-state index is 0. The van der Waals surface area contributed by atoms with Gasteiger partial charge in [-0.05, 0) is 32.9 Å². The third kappa shape index (κ3) is 6.79. The average Bonchev–Trinajstić information content (AvgIpc) is 3.34. The Balaban J connectivity index is 0.00000341. The van der Waals surface area contributed by atoms with E-state index in [9.17, 15) is 0 Å². The van der Waals surface area contributed by atoms with Crippen molar-refractivity contribution in [3.05, 3.63) is 59.2 Å². The van der Waals surface area contributed by atoms with Crippen molar-refractivity contribution in [2.45, 2.75) is 40.4 Å². The highest BCUT2D eigenvalue weighted by Crippen LogP contribution is 2.18. The molecular formula is C22H31IN6O2. The van der Waals surface area contributed by atoms with E-state index in [1.54, 1.807) is 13.4 Å². The second kappa shape index (κ2) is 12.5. The van der Waals surface area contributed by atoms with Crippen LogP contribution < -0.4 is 10.6 Å². The zero-order chi connectivity index (χ0) is 21.3. The van der Waals surface area contributed by atoms with Crippen molar-refractivity contribution in [2.75, 3.05) is 20.3 Å². The van der Waals surface area contributed by atoms with Gasteiger partial charge in [-0.2, -0.15) is 5.10 Å². The van der Waals surface area contributed by atoms with Gasteiger partial charge in [0, 0.05) is 30.5 Å². The summed E-state index contributed by atoms with van der Waals surface area (Å²) in [6, 6.07) is 9.86. The zero-order valence-electron chi connectivity index (χ0n) is 18.5. The maximum absolute atomic E-state index is 5.61. The molecule has 0 saturated heterocycles. The van der Waals surface area contributed by atoms with Crippen molar-refractivity contribution in [3.8, 4) is 11.5 Å². The molecule has 0 spiro atoms. The van der Waals surface area contributed by atoms with Gasteiger partial charge < -0.3 is 19.8 Å². The fourth-order valence-electron chi connectivity index (χ4n) is 3.13. The van der Waals surface area contributed by atoms with E-state index < -0.39 is 0 Å². The summed E-state index contributed by atoms with van der Waals surface area (Å²) in [6.45, 7) is 9.34. The molecule has 1 aromatic carbocycles. The van der Waals surface area contributed by atoms with Crippen molar-refractivity contribution < 1.29 is 9.15 Å². The van der Waals surface area contributed by atoms with Crippen LogP contribution >= 0.6 is 24.0 Å². The highest BCUT2D eigenvalue weighted by Gasteiger charge is 2.12. The Hall–Kier alpha value is -2.40. The highest BCUT2D eigenvalue weighted by atomic mass is 127. The van der Waals surface area contributed by atoms with Gasteiger partial charge in [0.15, 0.2) is 5.96 Å². The van der Waals surface area contributed by atoms with Crippen molar-refractivity contribution >= 4 is 29.9 Å². The number of benzene rings is 1. The number of oxazole rings is 1. The predicted octanol–water partition coefficient (Wildman–Crippen LogP) is 3.67. The molecule has 0 aliphatic carbocycles. The number of aromatic nitrogens is 3. The minimum Gasteiger partial charge on any atom is -0.444 e. The molecule has 2 heterocycles. The number of nitrogens with one attached hydrogen (secondary N) is 2. The molecule has 3 aromatic rings. The Morgan fingerprint density at radius 1 is 1.19 bits per heavy atom. The van der Waals surface area contributed by atoms with Crippen LogP contribution in [-0.2, 0) is 24.4 Å². The lowest BCUT2D eigenvalue weighted by atomic mass is 10.2. The van der Waals surface area contributed by atoms with Gasteiger partial charge in [-0.3, -0.25) is 4.68 Å². The summed E-state index contributed by atoms with van der Waals surface area (Å²) in [6.07, 6.45) is 1.67. The number of hydrogen-bond acceptors (Lipinski definition) is 5. The summed E-state index contributed by atoms with van der Waals surface area (Å²) in [5.74, 6) is 1.34. The van der Waals surface area contributed by atoms with Gasteiger partial charge in [-0.15, -0.1) is 24.0 Å². The van der Waals surface area contributed by atoms with E-state index in [0.29, 0.717) is 25.6 Å². The molecule has 0 atom stereocenters. The molecule has 0 saturated carbocycles. The predicted molar refractivity (Wildman–Crippen MR) is 133 cm³/mol. The Kier molecular flexibility index (Phi) is 9.99. The Morgan fingerprint density at radius 3 is 2.68 bits per heavy atom. The number of guanidine groups is 1. The van der Waals surface area contributed by atoms with Gasteiger partial charge in [0.25, 0.3) is 0 Å². The second-order valence-electron chi connectivity index (χ2n) is 6.92. The summed E-state index contributed by atoms with van der Waals surface area (Å²) in [5.41, 5.74) is 5.02. The van der Waals surface area contributed by atoms with Gasteiger partial charge in [-0.25, -0.2) is 9.98 Å². The van der Waals surface area contributed by atoms with Gasteiger partial charge in [0.1, 0.15) is 6.26 Å². The van der Waals surface area contributed by atoms with E-state index in [0.717, 1.165) is 47.3 Å². The topological polar surface area (TPSA) is 89.5 Å². The molecule has 0 bridgehead atoms. The van der Waals surface area contributed by atoms with E-state index in [1.807, 2.05) is 48.9 Å². The first kappa shape index (κ1) is 24.9. The van der Waals surface area contributed by atoms with Crippen molar-refractivity contribution in [2.24, 2.45) is 4.99 Å². The summed E-state index contributed by atoms with van der Waals surface area (Å²) in [4.78, 5) is 9.28. The smallest absolute Gasteiger partial charge is 0.226 e. The van der Waals surface area contributed by atoms with E-state index in [-0.39, 0.29) is 24.0 Å². The minimum atomic E-state index is 0. The monoisotopic (exact) mass is 538 g/mol. The van der Waals surface area contributed by atoms with Crippen molar-refractivity contribution in [3.63, 3.8) is 0 Å². The number of rotatable bonds is 9. The number of aliphatic imine (C=N–C) groups is 1. The average molecular weight is 538 g/mol. The van der Waals surface area contributed by atoms with Crippen LogP contribution in [0.3, 0.4) is 0 Å². The van der Waals surface area contributed by atoms with Crippen LogP contribution in [0.15, 0.2) is 46.0 Å². The fraction of sp³-hybridized carbons (Fsp3) is 0.409. The van der Waals surface area contributed by atoms with Crippen LogP contribution in [0.5, 0.6) is 0 Å². The van der Waals surface area contributed by atoms with E-state index >= 15 is 0 Å². The van der Waals surface area contributed by atoms with E-state index in [2.05, 4.69) is 27.6 Å². The molecule has 0 unspecified atom stereocenters. The molecule has 0 fully saturated rings. The lowest BCUT2D eigenvalue weighted by molar-refractivity contribution is 0.182. The second-order valence-corrected chi connectivity index (χ2v) is 6.92. The number of halogens is 1. The van der Waals surface area contributed by atoms with Gasteiger partial charge in [-0.1, -0.05) is 18.2 Å². The van der Waals surface area contributed by atoms with Crippen LogP contribution in [0.2, 0.25) is 0 Å². The van der Waals surface area contributed by atoms with Crippen molar-refractivity contribution in [1.29, 1.82) is 0 Å². The van der Waals surface area contributed by atoms with E-state index in [1.165, 1.54) is 0 Å². The number of methoxy groups -OCH3 is 1. The standard InChI is InChI=1S/C22H30N6O2.HI/c1-5-23-22(25-14-20-16(2)27-28(17(20)3)11-12-29-4)24-13-19-15-30-21(26-19)18-9-7-6-8-10-18;/h6-10,15H,5,11-14H2,1-4H3,(H2,23,24,25);1H. The fourth-order valence-corrected chi connectivity index (χ4v) is 3.13. The SMILES string of the molecule is CCNC(=NCc1c(C)nn(CCOC)c1C)NCc1coc(-c2ccccc2)n1.I. The summed E-state index contributed by atoms with van der Waals surface area (Å²) >= 11 is 0. The zero-order valence-corrected chi connectivity index (χ0v) is 20.8. The summed E-state index contributed by atoms with van der Waals surface area (Å²) in [7, 11) is 1.70. The van der Waals surface area contributed by atoms with Gasteiger partial charge >= 0.3 is 0 Å². The Morgan fingerprint density at radius 2 is 1.97 bits per heavy atom. The maximum Gasteiger partial charge on any atom is 0.226 e. The highest BCUT2D eigenvalue weighted by molar-refractivity contribution is 14.0. The molecule has 0 aliphatic rings. The Bertz CT molecular complexity index is 968. The van der Waals surface area contributed by atoms with Crippen LogP contribution in [0.4, 0.5) is 0 Å². The van der Waals surface area contributed by atoms with Crippen LogP contribution in [0.1, 0.15) is 29.6 Å². The first-order valence-corrected chi connectivity index (χ1v) is 10.2. The molecule has 0 radical (unpaired) electrons. The summed E-state index contributed by atoms with van der Waals surface area (Å²) < 4.78 is 12.7. The lowest BCUT2D eigenvalue weighted by Gasteiger charge is -2.10.